The molecule has 1 atom stereocenters. The second kappa shape index (κ2) is 9.80. The van der Waals surface area contributed by atoms with Crippen LogP contribution in [0.3, 0.4) is 0 Å². The van der Waals surface area contributed by atoms with Crippen molar-refractivity contribution in [1.82, 2.24) is 10.2 Å². The van der Waals surface area contributed by atoms with Crippen LogP contribution in [0.25, 0.3) is 0 Å². The molecule has 1 aliphatic heterocycles. The van der Waals surface area contributed by atoms with E-state index >= 15 is 0 Å². The lowest BCUT2D eigenvalue weighted by Crippen LogP contribution is -2.49. The summed E-state index contributed by atoms with van der Waals surface area (Å²) in [6, 6.07) is 9.78. The molecule has 0 bridgehead atoms. The van der Waals surface area contributed by atoms with Crippen LogP contribution < -0.4 is 10.1 Å². The molecule has 0 saturated carbocycles. The van der Waals surface area contributed by atoms with Gasteiger partial charge in [0, 0.05) is 24.7 Å². The summed E-state index contributed by atoms with van der Waals surface area (Å²) in [5.74, 6) is -1.29. The summed E-state index contributed by atoms with van der Waals surface area (Å²) in [4.78, 5) is 26.9. The number of carbonyl (C=O) groups is 2. The van der Waals surface area contributed by atoms with Crippen LogP contribution in [0, 0.1) is 0 Å². The maximum atomic E-state index is 12.8. The standard InChI is InChI=1S/C24H30N2O6/c1-14(2)16-4-6-19(7-5-16)32-15(3)24(31)26-10-8-18(9-11-26)25-23(30)17-12-20(27)22(29)21(28)13-17/h4-7,12-15,18,27-29H,8-11H2,1-3H3,(H,25,30). The van der Waals surface area contributed by atoms with Gasteiger partial charge < -0.3 is 30.3 Å². The molecule has 0 radical (unpaired) electrons. The lowest BCUT2D eigenvalue weighted by molar-refractivity contribution is -0.139. The first-order valence-corrected chi connectivity index (χ1v) is 10.8. The van der Waals surface area contributed by atoms with E-state index in [1.165, 1.54) is 5.56 Å². The van der Waals surface area contributed by atoms with Crippen molar-refractivity contribution in [2.75, 3.05) is 13.1 Å². The highest BCUT2D eigenvalue weighted by atomic mass is 16.5. The van der Waals surface area contributed by atoms with Crippen LogP contribution in [-0.2, 0) is 4.79 Å². The van der Waals surface area contributed by atoms with Gasteiger partial charge in [-0.05, 0) is 55.5 Å². The predicted molar refractivity (Wildman–Crippen MR) is 119 cm³/mol. The zero-order chi connectivity index (χ0) is 23.4. The Morgan fingerprint density at radius 2 is 1.56 bits per heavy atom. The maximum absolute atomic E-state index is 12.8. The molecule has 1 fully saturated rings. The molecular formula is C24H30N2O6. The van der Waals surface area contributed by atoms with Gasteiger partial charge in [0.25, 0.3) is 11.8 Å². The molecule has 8 nitrogen and oxygen atoms in total. The number of hydrogen-bond donors (Lipinski definition) is 4. The Hall–Kier alpha value is -3.42. The number of nitrogens with zero attached hydrogens (tertiary/aromatic N) is 1. The molecule has 1 heterocycles. The van der Waals surface area contributed by atoms with E-state index in [1.54, 1.807) is 11.8 Å². The smallest absolute Gasteiger partial charge is 0.263 e. The third kappa shape index (κ3) is 5.43. The molecule has 32 heavy (non-hydrogen) atoms. The zero-order valence-electron chi connectivity index (χ0n) is 18.5. The van der Waals surface area contributed by atoms with Crippen LogP contribution in [0.1, 0.15) is 55.5 Å². The lowest BCUT2D eigenvalue weighted by Gasteiger charge is -2.33. The van der Waals surface area contributed by atoms with E-state index in [2.05, 4.69) is 19.2 Å². The summed E-state index contributed by atoms with van der Waals surface area (Å²) >= 11 is 0. The van der Waals surface area contributed by atoms with Crippen molar-refractivity contribution < 1.29 is 29.6 Å². The quantitative estimate of drug-likeness (QED) is 0.511. The van der Waals surface area contributed by atoms with Crippen molar-refractivity contribution >= 4 is 11.8 Å². The molecule has 3 rings (SSSR count). The number of ether oxygens (including phenoxy) is 1. The number of amides is 2. The van der Waals surface area contributed by atoms with Crippen LogP contribution in [0.5, 0.6) is 23.0 Å². The van der Waals surface area contributed by atoms with Crippen LogP contribution in [0.15, 0.2) is 36.4 Å². The largest absolute Gasteiger partial charge is 0.504 e. The van der Waals surface area contributed by atoms with Crippen molar-refractivity contribution in [1.29, 1.82) is 0 Å². The van der Waals surface area contributed by atoms with Crippen LogP contribution in [0.4, 0.5) is 0 Å². The Kier molecular flexibility index (Phi) is 7.12. The van der Waals surface area contributed by atoms with Gasteiger partial charge in [-0.15, -0.1) is 0 Å². The molecule has 0 aliphatic carbocycles. The van der Waals surface area contributed by atoms with Gasteiger partial charge in [-0.3, -0.25) is 9.59 Å². The number of likely N-dealkylation sites (tertiary alicyclic amines) is 1. The Morgan fingerprint density at radius 1 is 1.00 bits per heavy atom. The van der Waals surface area contributed by atoms with Crippen molar-refractivity contribution in [3.8, 4) is 23.0 Å². The number of benzene rings is 2. The molecular weight excluding hydrogens is 412 g/mol. The molecule has 8 heteroatoms. The summed E-state index contributed by atoms with van der Waals surface area (Å²) in [5, 5.41) is 31.4. The molecule has 1 unspecified atom stereocenters. The fraction of sp³-hybridized carbons (Fsp3) is 0.417. The number of hydrogen-bond acceptors (Lipinski definition) is 6. The molecule has 2 aromatic rings. The number of nitrogens with one attached hydrogen (secondary N) is 1. The second-order valence-corrected chi connectivity index (χ2v) is 8.42. The number of carbonyl (C=O) groups excluding carboxylic acids is 2. The molecule has 0 aromatic heterocycles. The SMILES string of the molecule is CC(Oc1ccc(C(C)C)cc1)C(=O)N1CCC(NC(=O)c2cc(O)c(O)c(O)c2)CC1. The number of phenolic OH excluding ortho intramolecular Hbond substituents is 3. The molecule has 4 N–H and O–H groups in total. The second-order valence-electron chi connectivity index (χ2n) is 8.42. The van der Waals surface area contributed by atoms with E-state index in [4.69, 9.17) is 4.74 Å². The minimum atomic E-state index is -0.666. The average molecular weight is 443 g/mol. The maximum Gasteiger partial charge on any atom is 0.263 e. The van der Waals surface area contributed by atoms with Gasteiger partial charge in [0.15, 0.2) is 23.4 Å². The van der Waals surface area contributed by atoms with Crippen LogP contribution >= 0.6 is 0 Å². The van der Waals surface area contributed by atoms with Gasteiger partial charge in [0.2, 0.25) is 0 Å². The van der Waals surface area contributed by atoms with Gasteiger partial charge in [-0.2, -0.15) is 0 Å². The van der Waals surface area contributed by atoms with E-state index in [0.717, 1.165) is 12.1 Å². The molecule has 2 amide bonds. The van der Waals surface area contributed by atoms with Crippen LogP contribution in [0.2, 0.25) is 0 Å². The van der Waals surface area contributed by atoms with E-state index in [1.807, 2.05) is 24.3 Å². The summed E-state index contributed by atoms with van der Waals surface area (Å²) in [6.07, 6.45) is 0.529. The predicted octanol–water partition coefficient (Wildman–Crippen LogP) is 3.12. The highest BCUT2D eigenvalue weighted by Crippen LogP contribution is 2.35. The molecule has 0 spiro atoms. The summed E-state index contributed by atoms with van der Waals surface area (Å²) in [6.45, 7) is 6.93. The fourth-order valence-electron chi connectivity index (χ4n) is 3.69. The Balaban J connectivity index is 1.50. The lowest BCUT2D eigenvalue weighted by atomic mass is 10.0. The third-order valence-electron chi connectivity index (χ3n) is 5.68. The summed E-state index contributed by atoms with van der Waals surface area (Å²) < 4.78 is 5.82. The highest BCUT2D eigenvalue weighted by Gasteiger charge is 2.28. The Labute approximate surface area is 187 Å². The summed E-state index contributed by atoms with van der Waals surface area (Å²) in [5.41, 5.74) is 1.25. The third-order valence-corrected chi connectivity index (χ3v) is 5.68. The van der Waals surface area contributed by atoms with Crippen molar-refractivity contribution in [2.45, 2.75) is 51.7 Å². The average Bonchev–Trinajstić information content (AvgIpc) is 2.77. The van der Waals surface area contributed by atoms with Crippen LogP contribution in [-0.4, -0.2) is 57.3 Å². The first-order chi connectivity index (χ1) is 15.2. The first kappa shape index (κ1) is 23.2. The minimum absolute atomic E-state index is 0.0433. The van der Waals surface area contributed by atoms with E-state index in [0.29, 0.717) is 37.6 Å². The van der Waals surface area contributed by atoms with E-state index < -0.39 is 29.3 Å². The molecule has 1 aliphatic rings. The minimum Gasteiger partial charge on any atom is -0.504 e. The molecule has 1 saturated heterocycles. The van der Waals surface area contributed by atoms with Gasteiger partial charge in [0.1, 0.15) is 5.75 Å². The van der Waals surface area contributed by atoms with Gasteiger partial charge in [-0.25, -0.2) is 0 Å². The highest BCUT2D eigenvalue weighted by molar-refractivity contribution is 5.95. The number of piperidine rings is 1. The Bertz CT molecular complexity index is 942. The van der Waals surface area contributed by atoms with Crippen molar-refractivity contribution in [3.63, 3.8) is 0 Å². The normalized spacial score (nSPS) is 15.4. The van der Waals surface area contributed by atoms with Gasteiger partial charge in [0.05, 0.1) is 0 Å². The number of phenols is 3. The first-order valence-electron chi connectivity index (χ1n) is 10.8. The number of rotatable bonds is 6. The number of aromatic hydroxyl groups is 3. The van der Waals surface area contributed by atoms with Crippen molar-refractivity contribution in [2.24, 2.45) is 0 Å². The van der Waals surface area contributed by atoms with Crippen molar-refractivity contribution in [3.05, 3.63) is 47.5 Å². The summed E-state index contributed by atoms with van der Waals surface area (Å²) in [7, 11) is 0. The fourth-order valence-corrected chi connectivity index (χ4v) is 3.69. The molecule has 172 valence electrons. The zero-order valence-corrected chi connectivity index (χ0v) is 18.5. The topological polar surface area (TPSA) is 119 Å². The van der Waals surface area contributed by atoms with Gasteiger partial charge in [-0.1, -0.05) is 26.0 Å². The van der Waals surface area contributed by atoms with E-state index in [9.17, 15) is 24.9 Å². The van der Waals surface area contributed by atoms with Gasteiger partial charge >= 0.3 is 0 Å². The molecule has 2 aromatic carbocycles. The monoisotopic (exact) mass is 442 g/mol. The Morgan fingerprint density at radius 3 is 2.09 bits per heavy atom. The van der Waals surface area contributed by atoms with E-state index in [-0.39, 0.29) is 17.5 Å².